The molecule has 0 aliphatic carbocycles. The van der Waals surface area contributed by atoms with E-state index in [9.17, 15) is 4.79 Å². The number of carbonyl (C=O) groups excluding carboxylic acids is 1. The molecule has 2 saturated heterocycles. The lowest BCUT2D eigenvalue weighted by atomic mass is 9.96. The van der Waals surface area contributed by atoms with Crippen LogP contribution in [0.15, 0.2) is 35.5 Å². The van der Waals surface area contributed by atoms with E-state index in [0.717, 1.165) is 0 Å². The monoisotopic (exact) mass is 807 g/mol. The van der Waals surface area contributed by atoms with E-state index in [1.807, 2.05) is 0 Å². The van der Waals surface area contributed by atoms with Crippen molar-refractivity contribution < 1.29 is 31.8 Å². The number of anilines is 1. The molecule has 0 radical (unpaired) electrons. The minimum absolute atomic E-state index is 0.0651. The number of ether oxygens (including phenoxy) is 2. The van der Waals surface area contributed by atoms with Crippen LogP contribution in [0.4, 0.5) is 28.2 Å². The first kappa shape index (κ1) is 40.1. The van der Waals surface area contributed by atoms with E-state index in [1.54, 1.807) is 61.1 Å². The van der Waals surface area contributed by atoms with E-state index in [1.165, 1.54) is 17.8 Å². The Morgan fingerprint density at radius 2 is 1.68 bits per heavy atom. The SMILES string of the molecule is CSc1nc2c3c(nc(-c4cccc5ccc(F)c(C#C[Si](C(C)C)(C(C)C)C(C)C)c45)c(F)c3n1)O[C@H](C(F)F)[C@@H]1[C@@H]3CC[C@H](CN21)N3C(=O)OC(C)(C)C. The maximum absolute atomic E-state index is 17.4. The Kier molecular flexibility index (Phi) is 10.5. The maximum atomic E-state index is 17.4. The van der Waals surface area contributed by atoms with Crippen molar-refractivity contribution in [1.82, 2.24) is 19.9 Å². The number of amides is 1. The van der Waals surface area contributed by atoms with Crippen LogP contribution in [0.3, 0.4) is 0 Å². The molecule has 2 fully saturated rings. The number of hydrogen-bond acceptors (Lipinski definition) is 8. The zero-order valence-electron chi connectivity index (χ0n) is 33.5. The van der Waals surface area contributed by atoms with E-state index >= 15 is 17.6 Å². The highest BCUT2D eigenvalue weighted by Gasteiger charge is 2.56. The smallest absolute Gasteiger partial charge is 0.410 e. The van der Waals surface area contributed by atoms with Crippen LogP contribution in [0.25, 0.3) is 32.9 Å². The second-order valence-electron chi connectivity index (χ2n) is 17.1. The van der Waals surface area contributed by atoms with Crippen molar-refractivity contribution in [3.05, 3.63) is 47.5 Å². The fourth-order valence-electron chi connectivity index (χ4n) is 9.55. The summed E-state index contributed by atoms with van der Waals surface area (Å²) in [5.74, 6) is 1.84. The zero-order chi connectivity index (χ0) is 40.6. The van der Waals surface area contributed by atoms with Crippen LogP contribution >= 0.6 is 11.8 Å². The summed E-state index contributed by atoms with van der Waals surface area (Å²) in [5, 5.41) is 1.26. The van der Waals surface area contributed by atoms with Gasteiger partial charge in [0, 0.05) is 17.5 Å². The molecule has 3 aliphatic heterocycles. The number of alkyl halides is 2. The van der Waals surface area contributed by atoms with E-state index in [2.05, 4.69) is 63.0 Å². The summed E-state index contributed by atoms with van der Waals surface area (Å²) in [7, 11) is -2.32. The second kappa shape index (κ2) is 14.7. The van der Waals surface area contributed by atoms with Gasteiger partial charge in [0.15, 0.2) is 17.1 Å². The van der Waals surface area contributed by atoms with Crippen molar-refractivity contribution in [1.29, 1.82) is 0 Å². The van der Waals surface area contributed by atoms with Crippen LogP contribution in [-0.2, 0) is 4.74 Å². The molecule has 7 rings (SSSR count). The summed E-state index contributed by atoms with van der Waals surface area (Å²) in [6.07, 6.45) is -2.64. The summed E-state index contributed by atoms with van der Waals surface area (Å²) < 4.78 is 76.3. The van der Waals surface area contributed by atoms with Crippen molar-refractivity contribution in [3.63, 3.8) is 0 Å². The van der Waals surface area contributed by atoms with Gasteiger partial charge in [0.1, 0.15) is 41.9 Å². The fraction of sp³-hybridized carbons (Fsp3) is 0.524. The van der Waals surface area contributed by atoms with E-state index < -0.39 is 56.0 Å². The normalized spacial score (nSPS) is 20.8. The quantitative estimate of drug-likeness (QED) is 0.0627. The number of hydrogen-bond donors (Lipinski definition) is 0. The second-order valence-corrected chi connectivity index (χ2v) is 23.4. The van der Waals surface area contributed by atoms with Gasteiger partial charge in [-0.3, -0.25) is 4.90 Å². The molecule has 2 bridgehead atoms. The minimum Gasteiger partial charge on any atom is -0.465 e. The molecule has 298 valence electrons. The van der Waals surface area contributed by atoms with Gasteiger partial charge in [0.25, 0.3) is 6.43 Å². The molecule has 3 aliphatic rings. The molecular formula is C42H49F4N5O3SSi. The van der Waals surface area contributed by atoms with Crippen LogP contribution in [0.2, 0.25) is 16.6 Å². The summed E-state index contributed by atoms with van der Waals surface area (Å²) in [6, 6.07) is 6.00. The predicted molar refractivity (Wildman–Crippen MR) is 216 cm³/mol. The average molecular weight is 808 g/mol. The van der Waals surface area contributed by atoms with Gasteiger partial charge in [-0.1, -0.05) is 83.5 Å². The third-order valence-corrected chi connectivity index (χ3v) is 18.7. The van der Waals surface area contributed by atoms with Crippen molar-refractivity contribution >= 4 is 53.4 Å². The molecule has 0 unspecified atom stereocenters. The number of thioether (sulfide) groups is 1. The van der Waals surface area contributed by atoms with Gasteiger partial charge < -0.3 is 14.4 Å². The number of pyridine rings is 1. The lowest BCUT2D eigenvalue weighted by Crippen LogP contribution is -2.67. The van der Waals surface area contributed by atoms with Gasteiger partial charge in [-0.05, 0) is 67.9 Å². The van der Waals surface area contributed by atoms with Crippen molar-refractivity contribution in [3.8, 4) is 28.6 Å². The molecule has 0 saturated carbocycles. The first-order valence-corrected chi connectivity index (χ1v) is 22.8. The first-order valence-electron chi connectivity index (χ1n) is 19.3. The summed E-state index contributed by atoms with van der Waals surface area (Å²) >= 11 is 1.18. The molecule has 8 nitrogen and oxygen atoms in total. The van der Waals surface area contributed by atoms with Gasteiger partial charge in [0.2, 0.25) is 5.88 Å². The molecule has 56 heavy (non-hydrogen) atoms. The number of carbonyl (C=O) groups is 1. The van der Waals surface area contributed by atoms with Crippen molar-refractivity contribution in [2.24, 2.45) is 0 Å². The molecule has 2 aromatic heterocycles. The maximum Gasteiger partial charge on any atom is 0.410 e. The predicted octanol–water partition coefficient (Wildman–Crippen LogP) is 10.4. The van der Waals surface area contributed by atoms with Crippen LogP contribution in [-0.4, -0.2) is 83.1 Å². The van der Waals surface area contributed by atoms with Gasteiger partial charge in [-0.2, -0.15) is 0 Å². The van der Waals surface area contributed by atoms with Crippen LogP contribution in [0, 0.1) is 23.1 Å². The third-order valence-electron chi connectivity index (χ3n) is 11.8. The molecule has 0 spiro atoms. The lowest BCUT2D eigenvalue weighted by molar-refractivity contribution is -0.0371. The Labute approximate surface area is 331 Å². The Morgan fingerprint density at radius 1 is 0.982 bits per heavy atom. The standard InChI is InChI=1S/C42H49F4N5O3SSi/c1-21(2)56(22(3)4,23(5)6)19-18-26-28(43)16-14-24-12-11-13-27(30(24)26)33-32(44)34-31-38(49-40(48-34)55-10)50-20-25-15-17-29(51(25)41(52)54-42(7,8)9)35(50)36(37(45)46)53-39(31)47-33/h11-14,16,21-23,25,29,35-37H,15,17,20H2,1-10H3/t25-,29+,35+,36+/m1/s1. The van der Waals surface area contributed by atoms with Gasteiger partial charge in [0.05, 0.1) is 23.7 Å². The first-order chi connectivity index (χ1) is 26.4. The Morgan fingerprint density at radius 3 is 2.30 bits per heavy atom. The van der Waals surface area contributed by atoms with Crippen LogP contribution < -0.4 is 9.64 Å². The van der Waals surface area contributed by atoms with Crippen LogP contribution in [0.5, 0.6) is 5.88 Å². The Bertz CT molecular complexity index is 2250. The Hall–Kier alpha value is -4.09. The molecule has 5 heterocycles. The summed E-state index contributed by atoms with van der Waals surface area (Å²) in [4.78, 5) is 30.9. The minimum atomic E-state index is -3.02. The lowest BCUT2D eigenvalue weighted by Gasteiger charge is -2.48. The number of nitrogens with zero attached hydrogens (tertiary/aromatic N) is 5. The molecule has 1 amide bonds. The van der Waals surface area contributed by atoms with E-state index in [0.29, 0.717) is 23.6 Å². The number of halogens is 4. The molecule has 4 aromatic rings. The van der Waals surface area contributed by atoms with E-state index in [-0.39, 0.29) is 73.8 Å². The zero-order valence-corrected chi connectivity index (χ0v) is 35.3. The molecule has 4 atom stereocenters. The number of piperazine rings is 1. The Balaban J connectivity index is 1.46. The van der Waals surface area contributed by atoms with Crippen LogP contribution in [0.1, 0.15) is 80.7 Å². The molecule has 2 aromatic carbocycles. The van der Waals surface area contributed by atoms with Crippen molar-refractivity contribution in [2.45, 2.75) is 133 Å². The molecule has 0 N–H and O–H groups in total. The number of aromatic nitrogens is 3. The summed E-state index contributed by atoms with van der Waals surface area (Å²) in [6.45, 7) is 18.5. The largest absolute Gasteiger partial charge is 0.465 e. The topological polar surface area (TPSA) is 80.7 Å². The van der Waals surface area contributed by atoms with Gasteiger partial charge >= 0.3 is 6.09 Å². The molecular weight excluding hydrogens is 759 g/mol. The molecule has 14 heteroatoms. The van der Waals surface area contributed by atoms with Gasteiger partial charge in [-0.15, -0.1) is 5.54 Å². The third kappa shape index (κ3) is 6.56. The average Bonchev–Trinajstić information content (AvgIpc) is 3.36. The van der Waals surface area contributed by atoms with Gasteiger partial charge in [-0.25, -0.2) is 37.3 Å². The van der Waals surface area contributed by atoms with Crippen molar-refractivity contribution in [2.75, 3.05) is 17.7 Å². The fourth-order valence-corrected chi connectivity index (χ4v) is 15.1. The highest BCUT2D eigenvalue weighted by molar-refractivity contribution is 7.98. The number of fused-ring (bicyclic) bond motifs is 6. The summed E-state index contributed by atoms with van der Waals surface area (Å²) in [5.41, 5.74) is 3.65. The number of benzene rings is 2. The number of rotatable bonds is 6. The highest BCUT2D eigenvalue weighted by Crippen LogP contribution is 2.48. The van der Waals surface area contributed by atoms with E-state index in [4.69, 9.17) is 14.5 Å². The highest BCUT2D eigenvalue weighted by atomic mass is 32.2.